The van der Waals surface area contributed by atoms with Crippen LogP contribution in [0.15, 0.2) is 18.6 Å². The zero-order valence-electron chi connectivity index (χ0n) is 37.0. The Bertz CT molecular complexity index is 2880. The third-order valence-electron chi connectivity index (χ3n) is 10.1. The summed E-state index contributed by atoms with van der Waals surface area (Å²) < 4.78 is 230. The fourth-order valence-electron chi connectivity index (χ4n) is 7.34. The van der Waals surface area contributed by atoms with Crippen LogP contribution in [0.25, 0.3) is 0 Å². The van der Waals surface area contributed by atoms with Crippen LogP contribution in [0.1, 0.15) is 36.3 Å². The predicted octanol–water partition coefficient (Wildman–Crippen LogP) is -2.81. The third kappa shape index (κ3) is 18.9. The average molecular weight is 1190 g/mol. The molecule has 0 aromatic carbocycles. The first kappa shape index (κ1) is 59.3. The number of halogens is 2. The van der Waals surface area contributed by atoms with Gasteiger partial charge in [-0.1, -0.05) is 15.6 Å². The van der Waals surface area contributed by atoms with Gasteiger partial charge in [-0.2, -0.15) is 42.1 Å². The van der Waals surface area contributed by atoms with Gasteiger partial charge in [0.2, 0.25) is 5.79 Å². The molecule has 3 saturated heterocycles. The van der Waals surface area contributed by atoms with Gasteiger partial charge in [-0.25, -0.2) is 35.0 Å². The maximum absolute atomic E-state index is 11.9. The number of ether oxygens (including phenoxy) is 7. The summed E-state index contributed by atoms with van der Waals surface area (Å²) in [5, 5.41) is 22.2. The first-order chi connectivity index (χ1) is 34.0. The van der Waals surface area contributed by atoms with Gasteiger partial charge in [-0.3, -0.25) is 22.8 Å². The molecule has 0 spiro atoms. The van der Waals surface area contributed by atoms with Crippen molar-refractivity contribution < 1.29 is 119 Å². The molecule has 6 heterocycles. The zero-order chi connectivity index (χ0) is 53.6. The van der Waals surface area contributed by atoms with Gasteiger partial charge in [-0.05, 0) is 0 Å². The standard InChI is InChI=1S/C30H45Cl2N9O27S5/c1-57-3-2-39-7-19(35-36-39)14-59-26-6-22(66-71(48,49)50)29(68-73(54,55)56)23(61-26)11-41-9-18(34-38-41)13-58-12-17-8-40(37-33-17)10-20-4-25(67-72(51,52)53)30(16-31,63-20)64-27-5-21(65-70(45,46)47)28(32)24(62-27)15-60-69(42,43)44/h7-9,20-29H,2-6,10-16H2,1H3,(H,42,43,44)(H,45,46,47)(H,48,49,50)(H,51,52,53)(H,54,55,56)/t20-,21+,22+,23+,24+,25-,26-,27+,28+,29-,30-/m0/s1. The summed E-state index contributed by atoms with van der Waals surface area (Å²) in [6, 6.07) is 0. The van der Waals surface area contributed by atoms with E-state index in [0.29, 0.717) is 18.8 Å². The van der Waals surface area contributed by atoms with Crippen LogP contribution < -0.4 is 0 Å². The van der Waals surface area contributed by atoms with Gasteiger partial charge < -0.3 is 33.2 Å². The van der Waals surface area contributed by atoms with Crippen molar-refractivity contribution in [1.29, 1.82) is 0 Å². The van der Waals surface area contributed by atoms with Gasteiger partial charge in [0.1, 0.15) is 53.7 Å². The largest absolute Gasteiger partial charge is 0.397 e. The van der Waals surface area contributed by atoms with Crippen LogP contribution in [-0.4, -0.2) is 203 Å². The molecular formula is C30H45Cl2N9O27S5. The van der Waals surface area contributed by atoms with Crippen LogP contribution in [0.2, 0.25) is 0 Å². The highest BCUT2D eigenvalue weighted by molar-refractivity contribution is 7.81. The molecule has 5 N–H and O–H groups in total. The topological polar surface area (TPSA) is 475 Å². The Labute approximate surface area is 424 Å². The zero-order valence-corrected chi connectivity index (χ0v) is 42.6. The number of hydrogen-bond acceptors (Lipinski definition) is 28. The molecule has 416 valence electrons. The number of alkyl halides is 2. The summed E-state index contributed by atoms with van der Waals surface area (Å²) >= 11 is 12.4. The van der Waals surface area contributed by atoms with Crippen molar-refractivity contribution in [2.24, 2.45) is 0 Å². The number of hydrogen-bond donors (Lipinski definition) is 5. The molecule has 3 aromatic rings. The van der Waals surface area contributed by atoms with E-state index in [1.54, 1.807) is 0 Å². The van der Waals surface area contributed by atoms with Crippen LogP contribution >= 0.6 is 23.2 Å². The summed E-state index contributed by atoms with van der Waals surface area (Å²) in [6.45, 7) is -1.72. The Hall–Kier alpha value is -2.93. The molecule has 0 saturated carbocycles. The van der Waals surface area contributed by atoms with Crippen molar-refractivity contribution in [3.8, 4) is 0 Å². The number of aromatic nitrogens is 9. The average Bonchev–Trinajstić information content (AvgIpc) is 4.07. The lowest BCUT2D eigenvalue weighted by molar-refractivity contribution is -0.332. The molecule has 3 fully saturated rings. The van der Waals surface area contributed by atoms with E-state index >= 15 is 0 Å². The molecule has 0 unspecified atom stereocenters. The van der Waals surface area contributed by atoms with E-state index in [9.17, 15) is 60.3 Å². The summed E-state index contributed by atoms with van der Waals surface area (Å²) in [6.07, 6.45) is -11.9. The van der Waals surface area contributed by atoms with Crippen molar-refractivity contribution in [3.63, 3.8) is 0 Å². The molecule has 3 aliphatic heterocycles. The second-order valence-corrected chi connectivity index (χ2v) is 21.7. The lowest BCUT2D eigenvalue weighted by Gasteiger charge is -2.41. The molecule has 6 rings (SSSR count). The smallest absolute Gasteiger partial charge is 0.383 e. The van der Waals surface area contributed by atoms with E-state index in [2.05, 4.69) is 39.3 Å². The summed E-state index contributed by atoms with van der Waals surface area (Å²) in [4.78, 5) is 0. The number of methoxy groups -OCH3 is 1. The number of rotatable bonds is 28. The van der Waals surface area contributed by atoms with Crippen LogP contribution in [0.4, 0.5) is 0 Å². The van der Waals surface area contributed by atoms with E-state index in [1.165, 1.54) is 35.1 Å². The normalized spacial score (nSPS) is 28.7. The lowest BCUT2D eigenvalue weighted by Crippen LogP contribution is -2.55. The second kappa shape index (κ2) is 24.6. The Morgan fingerprint density at radius 3 is 1.78 bits per heavy atom. The fraction of sp³-hybridized carbons (Fsp3) is 0.800. The van der Waals surface area contributed by atoms with Gasteiger partial charge in [0, 0.05) is 26.4 Å². The van der Waals surface area contributed by atoms with E-state index < -0.39 is 157 Å². The minimum atomic E-state index is -5.29. The lowest BCUT2D eigenvalue weighted by atomic mass is 10.0. The van der Waals surface area contributed by atoms with E-state index in [4.69, 9.17) is 73.5 Å². The second-order valence-electron chi connectivity index (χ2n) is 15.6. The molecule has 73 heavy (non-hydrogen) atoms. The SMILES string of the molecule is COCCn1cc(CO[C@@H]2C[C@@H](OS(=O)(=O)O)[C@H](OS(=O)(=O)O)[C@@H](Cn3cc(COCc4cn(C[C@@H]5C[C@H](OS(=O)(=O)O)[C@](CCl)(O[C@@H]6C[C@@H](OS(=O)(=O)O)[C@@H](Cl)[C@@H](COS(=O)(=O)O)O6)O5)nn4)nn3)O2)nn1. The molecule has 11 atom stereocenters. The maximum atomic E-state index is 11.9. The molecule has 3 aliphatic rings. The van der Waals surface area contributed by atoms with E-state index in [0.717, 1.165) is 4.68 Å². The Morgan fingerprint density at radius 1 is 0.671 bits per heavy atom. The quantitative estimate of drug-likeness (QED) is 0.0362. The van der Waals surface area contributed by atoms with Crippen molar-refractivity contribution in [1.82, 2.24) is 45.0 Å². The maximum Gasteiger partial charge on any atom is 0.397 e. The molecule has 0 aliphatic carbocycles. The Morgan fingerprint density at radius 2 is 1.21 bits per heavy atom. The third-order valence-corrected chi connectivity index (χ3v) is 13.4. The highest BCUT2D eigenvalue weighted by Gasteiger charge is 2.56. The van der Waals surface area contributed by atoms with Crippen LogP contribution in [0.3, 0.4) is 0 Å². The summed E-state index contributed by atoms with van der Waals surface area (Å²) in [5.41, 5.74) is 0.691. The van der Waals surface area contributed by atoms with Crippen molar-refractivity contribution >= 4 is 75.2 Å². The van der Waals surface area contributed by atoms with Crippen LogP contribution in [-0.2, 0) is 146 Å². The minimum absolute atomic E-state index is 0.170. The molecular weight excluding hydrogens is 1150 g/mol. The minimum Gasteiger partial charge on any atom is -0.383 e. The molecule has 0 bridgehead atoms. The van der Waals surface area contributed by atoms with Crippen molar-refractivity contribution in [2.75, 3.05) is 26.2 Å². The highest BCUT2D eigenvalue weighted by Crippen LogP contribution is 2.41. The van der Waals surface area contributed by atoms with Gasteiger partial charge >= 0.3 is 52.0 Å². The molecule has 36 nitrogen and oxygen atoms in total. The molecule has 0 radical (unpaired) electrons. The monoisotopic (exact) mass is 1190 g/mol. The predicted molar refractivity (Wildman–Crippen MR) is 229 cm³/mol. The summed E-state index contributed by atoms with van der Waals surface area (Å²) in [7, 11) is -24.6. The Balaban J connectivity index is 1.08. The van der Waals surface area contributed by atoms with Gasteiger partial charge in [0.15, 0.2) is 12.6 Å². The molecule has 43 heteroatoms. The highest BCUT2D eigenvalue weighted by atomic mass is 35.5. The van der Waals surface area contributed by atoms with Crippen LogP contribution in [0, 0.1) is 0 Å². The first-order valence-corrected chi connectivity index (χ1v) is 28.2. The van der Waals surface area contributed by atoms with Gasteiger partial charge in [0.25, 0.3) is 0 Å². The van der Waals surface area contributed by atoms with Gasteiger partial charge in [0.05, 0.1) is 88.6 Å². The fourth-order valence-corrected chi connectivity index (χ4v) is 10.4. The van der Waals surface area contributed by atoms with Crippen LogP contribution in [0.5, 0.6) is 0 Å². The van der Waals surface area contributed by atoms with E-state index in [-0.39, 0.29) is 37.8 Å². The van der Waals surface area contributed by atoms with Gasteiger partial charge in [-0.15, -0.1) is 38.5 Å². The van der Waals surface area contributed by atoms with E-state index in [1.807, 2.05) is 0 Å². The van der Waals surface area contributed by atoms with Crippen molar-refractivity contribution in [2.45, 2.75) is 125 Å². The Kier molecular flexibility index (Phi) is 20.0. The van der Waals surface area contributed by atoms with Crippen molar-refractivity contribution in [3.05, 3.63) is 35.7 Å². The number of nitrogens with zero attached hydrogens (tertiary/aromatic N) is 9. The first-order valence-electron chi connectivity index (χ1n) is 20.4. The molecule has 0 amide bonds. The summed E-state index contributed by atoms with van der Waals surface area (Å²) in [5.74, 6) is -3.11. The molecule has 3 aromatic heterocycles.